The number of hydrogen-bond donors (Lipinski definition) is 1. The van der Waals surface area contributed by atoms with Gasteiger partial charge in [-0.2, -0.15) is 0 Å². The van der Waals surface area contributed by atoms with Crippen molar-refractivity contribution < 1.29 is 9.53 Å². The summed E-state index contributed by atoms with van der Waals surface area (Å²) in [5, 5.41) is 3.16. The molecular formula is C14H16ClN3O2. The number of aromatic nitrogens is 2. The summed E-state index contributed by atoms with van der Waals surface area (Å²) in [5.74, 6) is 0.460. The molecule has 2 aromatic rings. The second-order valence-corrected chi connectivity index (χ2v) is 5.75. The molecule has 0 aliphatic rings. The van der Waals surface area contributed by atoms with Gasteiger partial charge in [0.25, 0.3) is 0 Å². The number of nitrogens with zero attached hydrogens (tertiary/aromatic N) is 2. The normalized spacial score (nSPS) is 11.2. The Morgan fingerprint density at radius 2 is 2.10 bits per heavy atom. The van der Waals surface area contributed by atoms with Crippen LogP contribution in [0.15, 0.2) is 36.8 Å². The summed E-state index contributed by atoms with van der Waals surface area (Å²) in [6.45, 7) is 5.66. The summed E-state index contributed by atoms with van der Waals surface area (Å²) in [6, 6.07) is 5.23. The first-order valence-corrected chi connectivity index (χ1v) is 6.51. The zero-order chi connectivity index (χ0) is 14.8. The molecule has 2 aromatic heterocycles. The van der Waals surface area contributed by atoms with Gasteiger partial charge in [0.15, 0.2) is 5.75 Å². The smallest absolute Gasteiger partial charge is 0.409 e. The number of ether oxygens (including phenoxy) is 1. The van der Waals surface area contributed by atoms with Crippen molar-refractivity contribution in [2.45, 2.75) is 26.3 Å². The molecule has 0 fully saturated rings. The van der Waals surface area contributed by atoms with Gasteiger partial charge in [0.1, 0.15) is 5.15 Å². The fraction of sp³-hybridized carbons (Fsp3) is 0.286. The summed E-state index contributed by atoms with van der Waals surface area (Å²) in [6.07, 6.45) is 4.64. The molecule has 20 heavy (non-hydrogen) atoms. The van der Waals surface area contributed by atoms with Crippen LogP contribution in [0.1, 0.15) is 20.8 Å². The third kappa shape index (κ3) is 3.99. The zero-order valence-corrected chi connectivity index (χ0v) is 12.3. The van der Waals surface area contributed by atoms with Crippen LogP contribution < -0.4 is 10.1 Å². The number of carbonyl (C=O) groups excluding carboxylic acids is 1. The fourth-order valence-corrected chi connectivity index (χ4v) is 1.67. The van der Waals surface area contributed by atoms with E-state index in [0.29, 0.717) is 10.9 Å². The average Bonchev–Trinajstić information content (AvgIpc) is 2.75. The minimum Gasteiger partial charge on any atom is -0.409 e. The molecule has 6 heteroatoms. The Labute approximate surface area is 122 Å². The molecule has 0 spiro atoms. The number of pyridine rings is 1. The van der Waals surface area contributed by atoms with E-state index in [1.807, 2.05) is 26.8 Å². The minimum atomic E-state index is -0.482. The maximum Gasteiger partial charge on any atom is 0.413 e. The molecule has 0 atom stereocenters. The van der Waals surface area contributed by atoms with Gasteiger partial charge >= 0.3 is 6.09 Å². The third-order valence-electron chi connectivity index (χ3n) is 2.36. The Balaban J connectivity index is 2.06. The van der Waals surface area contributed by atoms with Crippen molar-refractivity contribution in [3.8, 4) is 11.4 Å². The number of carbonyl (C=O) groups is 1. The van der Waals surface area contributed by atoms with Crippen molar-refractivity contribution in [3.05, 3.63) is 41.9 Å². The first-order valence-electron chi connectivity index (χ1n) is 6.13. The van der Waals surface area contributed by atoms with Gasteiger partial charge < -0.3 is 14.6 Å². The van der Waals surface area contributed by atoms with E-state index < -0.39 is 6.09 Å². The van der Waals surface area contributed by atoms with Crippen molar-refractivity contribution in [3.63, 3.8) is 0 Å². The highest BCUT2D eigenvalue weighted by molar-refractivity contribution is 6.29. The molecule has 0 bridgehead atoms. The standard InChI is InChI=1S/C14H16ClN3O2/c1-14(2,3)17-13(19)20-11-6-7-18(9-11)10-4-5-12(15)16-8-10/h4-9H,1-3H3,(H,17,19). The Bertz CT molecular complexity index is 600. The molecule has 0 aliphatic heterocycles. The van der Waals surface area contributed by atoms with Crippen molar-refractivity contribution in [1.82, 2.24) is 14.9 Å². The maximum atomic E-state index is 11.6. The second kappa shape index (κ2) is 5.54. The SMILES string of the molecule is CC(C)(C)NC(=O)Oc1ccn(-c2ccc(Cl)nc2)c1. The van der Waals surface area contributed by atoms with Crippen LogP contribution in [-0.4, -0.2) is 21.2 Å². The first kappa shape index (κ1) is 14.4. The summed E-state index contributed by atoms with van der Waals surface area (Å²) in [4.78, 5) is 15.6. The van der Waals surface area contributed by atoms with Gasteiger partial charge in [-0.25, -0.2) is 9.78 Å². The zero-order valence-electron chi connectivity index (χ0n) is 11.6. The van der Waals surface area contributed by atoms with Gasteiger partial charge in [0, 0.05) is 11.7 Å². The van der Waals surface area contributed by atoms with E-state index in [0.717, 1.165) is 5.69 Å². The molecule has 5 nitrogen and oxygen atoms in total. The summed E-state index contributed by atoms with van der Waals surface area (Å²) >= 11 is 5.74. The number of rotatable bonds is 2. The van der Waals surface area contributed by atoms with Crippen LogP contribution in [0.3, 0.4) is 0 Å². The molecule has 0 aliphatic carbocycles. The van der Waals surface area contributed by atoms with Gasteiger partial charge in [-0.1, -0.05) is 11.6 Å². The van der Waals surface area contributed by atoms with Crippen molar-refractivity contribution >= 4 is 17.7 Å². The summed E-state index contributed by atoms with van der Waals surface area (Å²) in [7, 11) is 0. The largest absolute Gasteiger partial charge is 0.413 e. The van der Waals surface area contributed by atoms with Crippen LogP contribution in [-0.2, 0) is 0 Å². The molecule has 0 saturated carbocycles. The minimum absolute atomic E-state index is 0.334. The maximum absolute atomic E-state index is 11.6. The van der Waals surface area contributed by atoms with E-state index in [9.17, 15) is 4.79 Å². The lowest BCUT2D eigenvalue weighted by molar-refractivity contribution is 0.190. The number of nitrogens with one attached hydrogen (secondary N) is 1. The quantitative estimate of drug-likeness (QED) is 0.863. The van der Waals surface area contributed by atoms with Crippen LogP contribution in [0, 0.1) is 0 Å². The van der Waals surface area contributed by atoms with Crippen molar-refractivity contribution in [2.75, 3.05) is 0 Å². The highest BCUT2D eigenvalue weighted by Gasteiger charge is 2.15. The molecular weight excluding hydrogens is 278 g/mol. The summed E-state index contributed by atoms with van der Waals surface area (Å²) in [5.41, 5.74) is 0.500. The number of halogens is 1. The van der Waals surface area contributed by atoms with Crippen molar-refractivity contribution in [1.29, 1.82) is 0 Å². The lowest BCUT2D eigenvalue weighted by Gasteiger charge is -2.19. The topological polar surface area (TPSA) is 56.1 Å². The number of hydrogen-bond acceptors (Lipinski definition) is 3. The Morgan fingerprint density at radius 3 is 2.70 bits per heavy atom. The van der Waals surface area contributed by atoms with Gasteiger partial charge in [-0.05, 0) is 39.0 Å². The van der Waals surface area contributed by atoms with Crippen molar-refractivity contribution in [2.24, 2.45) is 0 Å². The van der Waals surface area contributed by atoms with Gasteiger partial charge in [0.2, 0.25) is 0 Å². The third-order valence-corrected chi connectivity index (χ3v) is 2.59. The molecule has 2 rings (SSSR count). The molecule has 2 heterocycles. The van der Waals surface area contributed by atoms with Gasteiger partial charge in [-0.3, -0.25) is 0 Å². The second-order valence-electron chi connectivity index (χ2n) is 5.36. The Morgan fingerprint density at radius 1 is 1.35 bits per heavy atom. The molecule has 0 saturated heterocycles. The average molecular weight is 294 g/mol. The van der Waals surface area contributed by atoms with E-state index in [4.69, 9.17) is 16.3 Å². The van der Waals surface area contributed by atoms with Crippen LogP contribution in [0.2, 0.25) is 5.15 Å². The highest BCUT2D eigenvalue weighted by Crippen LogP contribution is 2.17. The van der Waals surface area contributed by atoms with Gasteiger partial charge in [-0.15, -0.1) is 0 Å². The van der Waals surface area contributed by atoms with Crippen LogP contribution >= 0.6 is 11.6 Å². The van der Waals surface area contributed by atoms with E-state index in [1.165, 1.54) is 0 Å². The number of amides is 1. The Hall–Kier alpha value is -2.01. The fourth-order valence-electron chi connectivity index (χ4n) is 1.56. The molecule has 106 valence electrons. The molecule has 0 aromatic carbocycles. The van der Waals surface area contributed by atoms with Gasteiger partial charge in [0.05, 0.1) is 18.1 Å². The first-order chi connectivity index (χ1) is 9.33. The predicted octanol–water partition coefficient (Wildman–Crippen LogP) is 3.41. The molecule has 1 amide bonds. The van der Waals surface area contributed by atoms with Crippen LogP contribution in [0.5, 0.6) is 5.75 Å². The van der Waals surface area contributed by atoms with Crippen LogP contribution in [0.25, 0.3) is 5.69 Å². The Kier molecular flexibility index (Phi) is 3.99. The predicted molar refractivity (Wildman–Crippen MR) is 77.5 cm³/mol. The van der Waals surface area contributed by atoms with Crippen LogP contribution in [0.4, 0.5) is 4.79 Å². The van der Waals surface area contributed by atoms with E-state index in [1.54, 1.807) is 35.3 Å². The lowest BCUT2D eigenvalue weighted by Crippen LogP contribution is -2.42. The van der Waals surface area contributed by atoms with E-state index >= 15 is 0 Å². The molecule has 0 unspecified atom stereocenters. The summed E-state index contributed by atoms with van der Waals surface area (Å²) < 4.78 is 6.99. The monoisotopic (exact) mass is 293 g/mol. The highest BCUT2D eigenvalue weighted by atomic mass is 35.5. The van der Waals surface area contributed by atoms with E-state index in [-0.39, 0.29) is 5.54 Å². The molecule has 0 radical (unpaired) electrons. The molecule has 1 N–H and O–H groups in total. The lowest BCUT2D eigenvalue weighted by atomic mass is 10.1. The van der Waals surface area contributed by atoms with E-state index in [2.05, 4.69) is 10.3 Å².